The maximum atomic E-state index is 8.97. The van der Waals surface area contributed by atoms with Crippen molar-refractivity contribution in [1.29, 1.82) is 0 Å². The first-order chi connectivity index (χ1) is 8.16. The zero-order chi connectivity index (χ0) is 12.3. The van der Waals surface area contributed by atoms with Gasteiger partial charge >= 0.3 is 8.60 Å². The molecule has 0 amide bonds. The second-order valence-electron chi connectivity index (χ2n) is 3.71. The average molecular weight is 248 g/mol. The fourth-order valence-electron chi connectivity index (χ4n) is 1.65. The van der Waals surface area contributed by atoms with E-state index in [2.05, 4.69) is 0 Å². The minimum atomic E-state index is -2.40. The average Bonchev–Trinajstić information content (AvgIpc) is 2.29. The molecule has 0 aromatic heterocycles. The van der Waals surface area contributed by atoms with Crippen LogP contribution in [0, 0.1) is 6.92 Å². The fourth-order valence-corrected chi connectivity index (χ4v) is 1.98. The molecular weight excluding hydrogens is 235 g/mol. The third-order valence-corrected chi connectivity index (χ3v) is 2.76. The third-order valence-electron chi connectivity index (χ3n) is 2.40. The Hall–Kier alpha value is -1.41. The summed E-state index contributed by atoms with van der Waals surface area (Å²) in [6.07, 6.45) is 0. The molecule has 2 N–H and O–H groups in total. The van der Waals surface area contributed by atoms with E-state index in [1.54, 1.807) is 6.07 Å². The highest BCUT2D eigenvalue weighted by molar-refractivity contribution is 7.39. The van der Waals surface area contributed by atoms with Crippen LogP contribution in [-0.4, -0.2) is 9.79 Å². The number of hydrogen-bond donors (Lipinski definition) is 2. The van der Waals surface area contributed by atoms with Crippen LogP contribution in [0.2, 0.25) is 0 Å². The van der Waals surface area contributed by atoms with Crippen LogP contribution < -0.4 is 4.52 Å². The molecule has 2 aromatic carbocycles. The smallest absolute Gasteiger partial charge is 0.391 e. The Labute approximate surface area is 101 Å². The summed E-state index contributed by atoms with van der Waals surface area (Å²) < 4.78 is 5.06. The molecular formula is C13H13O3P. The summed E-state index contributed by atoms with van der Waals surface area (Å²) in [4.78, 5) is 17.9. The molecule has 0 aliphatic rings. The topological polar surface area (TPSA) is 49.7 Å². The van der Waals surface area contributed by atoms with Gasteiger partial charge in [-0.05, 0) is 24.1 Å². The highest BCUT2D eigenvalue weighted by Crippen LogP contribution is 2.37. The van der Waals surface area contributed by atoms with Gasteiger partial charge in [0.2, 0.25) is 0 Å². The van der Waals surface area contributed by atoms with Crippen molar-refractivity contribution in [2.75, 3.05) is 0 Å². The van der Waals surface area contributed by atoms with Crippen LogP contribution in [0.15, 0.2) is 48.5 Å². The van der Waals surface area contributed by atoms with E-state index < -0.39 is 8.60 Å². The molecule has 0 saturated heterocycles. The van der Waals surface area contributed by atoms with Gasteiger partial charge in [0.05, 0.1) is 0 Å². The van der Waals surface area contributed by atoms with E-state index in [1.807, 2.05) is 49.4 Å². The van der Waals surface area contributed by atoms with Crippen molar-refractivity contribution in [1.82, 2.24) is 0 Å². The Morgan fingerprint density at radius 3 is 2.35 bits per heavy atom. The summed E-state index contributed by atoms with van der Waals surface area (Å²) in [5, 5.41) is 0. The fraction of sp³-hybridized carbons (Fsp3) is 0.0769. The molecule has 0 spiro atoms. The number of rotatable bonds is 3. The first kappa shape index (κ1) is 12.1. The third kappa shape index (κ3) is 3.04. The molecule has 0 bridgehead atoms. The van der Waals surface area contributed by atoms with Gasteiger partial charge in [0.15, 0.2) is 0 Å². The molecule has 3 nitrogen and oxygen atoms in total. The predicted octanol–water partition coefficient (Wildman–Crippen LogP) is 3.25. The van der Waals surface area contributed by atoms with Gasteiger partial charge in [0, 0.05) is 5.56 Å². The molecule has 0 saturated carbocycles. The molecule has 2 aromatic rings. The van der Waals surface area contributed by atoms with Crippen molar-refractivity contribution >= 4 is 8.60 Å². The summed E-state index contributed by atoms with van der Waals surface area (Å²) in [5.41, 5.74) is 2.85. The quantitative estimate of drug-likeness (QED) is 0.820. The second kappa shape index (κ2) is 5.28. The highest BCUT2D eigenvalue weighted by Gasteiger charge is 2.10. The molecule has 88 valence electrons. The maximum absolute atomic E-state index is 8.97. The van der Waals surface area contributed by atoms with Crippen LogP contribution in [0.5, 0.6) is 5.75 Å². The van der Waals surface area contributed by atoms with Gasteiger partial charge in [-0.1, -0.05) is 42.5 Å². The predicted molar refractivity (Wildman–Crippen MR) is 68.6 cm³/mol. The molecule has 0 radical (unpaired) electrons. The SMILES string of the molecule is Cc1ccc(-c2ccccc2)c(OP(O)O)c1. The van der Waals surface area contributed by atoms with E-state index in [0.29, 0.717) is 5.75 Å². The van der Waals surface area contributed by atoms with E-state index >= 15 is 0 Å². The van der Waals surface area contributed by atoms with Gasteiger partial charge in [0.1, 0.15) is 5.75 Å². The van der Waals surface area contributed by atoms with Gasteiger partial charge in [-0.25, -0.2) is 0 Å². The first-order valence-corrected chi connectivity index (χ1v) is 6.35. The van der Waals surface area contributed by atoms with E-state index in [4.69, 9.17) is 14.3 Å². The Kier molecular flexibility index (Phi) is 3.75. The molecule has 0 unspecified atom stereocenters. The minimum Gasteiger partial charge on any atom is -0.426 e. The molecule has 0 aliphatic heterocycles. The van der Waals surface area contributed by atoms with Gasteiger partial charge in [0.25, 0.3) is 0 Å². The van der Waals surface area contributed by atoms with E-state index in [9.17, 15) is 0 Å². The standard InChI is InChI=1S/C13H13O3P/c1-10-7-8-12(11-5-3-2-4-6-11)13(9-10)16-17(14)15/h2-9,14-15H,1H3. The lowest BCUT2D eigenvalue weighted by Crippen LogP contribution is -1.90. The Balaban J connectivity index is 2.46. The van der Waals surface area contributed by atoms with Crippen LogP contribution in [0.3, 0.4) is 0 Å². The Bertz CT molecular complexity index is 497. The van der Waals surface area contributed by atoms with Crippen LogP contribution in [-0.2, 0) is 0 Å². The Morgan fingerprint density at radius 1 is 1.00 bits per heavy atom. The summed E-state index contributed by atoms with van der Waals surface area (Å²) in [7, 11) is -2.40. The van der Waals surface area contributed by atoms with Crippen molar-refractivity contribution in [2.45, 2.75) is 6.92 Å². The zero-order valence-corrected chi connectivity index (χ0v) is 10.3. The summed E-state index contributed by atoms with van der Waals surface area (Å²) in [6.45, 7) is 1.93. The zero-order valence-electron chi connectivity index (χ0n) is 9.37. The first-order valence-electron chi connectivity index (χ1n) is 5.19. The number of hydrogen-bond acceptors (Lipinski definition) is 3. The molecule has 0 atom stereocenters. The normalized spacial score (nSPS) is 10.6. The maximum Gasteiger partial charge on any atom is 0.391 e. The number of benzene rings is 2. The summed E-state index contributed by atoms with van der Waals surface area (Å²) in [6, 6.07) is 15.4. The van der Waals surface area contributed by atoms with Gasteiger partial charge in [-0.2, -0.15) is 0 Å². The van der Waals surface area contributed by atoms with E-state index in [-0.39, 0.29) is 0 Å². The summed E-state index contributed by atoms with van der Waals surface area (Å²) >= 11 is 0. The van der Waals surface area contributed by atoms with Crippen LogP contribution in [0.1, 0.15) is 5.56 Å². The highest BCUT2D eigenvalue weighted by atomic mass is 31.2. The second-order valence-corrected chi connectivity index (χ2v) is 4.40. The van der Waals surface area contributed by atoms with E-state index in [0.717, 1.165) is 16.7 Å². The molecule has 0 heterocycles. The van der Waals surface area contributed by atoms with Gasteiger partial charge in [-0.15, -0.1) is 0 Å². The van der Waals surface area contributed by atoms with Gasteiger partial charge < -0.3 is 14.3 Å². The summed E-state index contributed by atoms with van der Waals surface area (Å²) in [5.74, 6) is 0.493. The van der Waals surface area contributed by atoms with Crippen LogP contribution >= 0.6 is 8.60 Å². The molecule has 0 aliphatic carbocycles. The monoisotopic (exact) mass is 248 g/mol. The molecule has 17 heavy (non-hydrogen) atoms. The minimum absolute atomic E-state index is 0.493. The lowest BCUT2D eigenvalue weighted by atomic mass is 10.0. The van der Waals surface area contributed by atoms with Crippen molar-refractivity contribution < 1.29 is 14.3 Å². The van der Waals surface area contributed by atoms with Crippen molar-refractivity contribution in [3.05, 3.63) is 54.1 Å². The molecule has 0 fully saturated rings. The lowest BCUT2D eigenvalue weighted by molar-refractivity contribution is 0.375. The molecule has 2 rings (SSSR count). The van der Waals surface area contributed by atoms with Crippen molar-refractivity contribution in [2.24, 2.45) is 0 Å². The van der Waals surface area contributed by atoms with Crippen LogP contribution in [0.4, 0.5) is 0 Å². The van der Waals surface area contributed by atoms with Crippen LogP contribution in [0.25, 0.3) is 11.1 Å². The van der Waals surface area contributed by atoms with E-state index in [1.165, 1.54) is 0 Å². The van der Waals surface area contributed by atoms with Crippen molar-refractivity contribution in [3.63, 3.8) is 0 Å². The van der Waals surface area contributed by atoms with Crippen molar-refractivity contribution in [3.8, 4) is 16.9 Å². The number of aryl methyl sites for hydroxylation is 1. The lowest BCUT2D eigenvalue weighted by Gasteiger charge is -2.12. The largest absolute Gasteiger partial charge is 0.426 e. The van der Waals surface area contributed by atoms with Gasteiger partial charge in [-0.3, -0.25) is 0 Å². The molecule has 4 heteroatoms. The Morgan fingerprint density at radius 2 is 1.71 bits per heavy atom.